The number of nitrogens with one attached hydrogen (secondary N) is 1. The molecule has 1 fully saturated rings. The normalized spacial score (nSPS) is 16.7. The lowest BCUT2D eigenvalue weighted by molar-refractivity contribution is -0.130. The number of aryl methyl sites for hydroxylation is 1. The predicted molar refractivity (Wildman–Crippen MR) is 83.9 cm³/mol. The molecule has 0 atom stereocenters. The van der Waals surface area contributed by atoms with Gasteiger partial charge in [-0.1, -0.05) is 12.8 Å². The first-order valence-electron chi connectivity index (χ1n) is 8.12. The zero-order chi connectivity index (χ0) is 15.1. The SMILES string of the molecule is Cc1[nH]ncc1CN(C)C(=O)CCCN1CCCCCC1. The molecule has 2 heterocycles. The van der Waals surface area contributed by atoms with Crippen LogP contribution in [0.15, 0.2) is 6.20 Å². The van der Waals surface area contributed by atoms with Crippen LogP contribution in [0.4, 0.5) is 0 Å². The molecular formula is C16H28N4O. The fraction of sp³-hybridized carbons (Fsp3) is 0.750. The minimum Gasteiger partial charge on any atom is -0.341 e. The van der Waals surface area contributed by atoms with Gasteiger partial charge in [0.15, 0.2) is 0 Å². The molecule has 118 valence electrons. The van der Waals surface area contributed by atoms with Gasteiger partial charge in [0.2, 0.25) is 5.91 Å². The largest absolute Gasteiger partial charge is 0.341 e. The van der Waals surface area contributed by atoms with Gasteiger partial charge in [-0.05, 0) is 45.8 Å². The standard InChI is InChI=1S/C16H28N4O/c1-14-15(12-17-18-14)13-19(2)16(21)8-7-11-20-9-5-3-4-6-10-20/h12H,3-11,13H2,1-2H3,(H,17,18). The van der Waals surface area contributed by atoms with Gasteiger partial charge in [-0.25, -0.2) is 0 Å². The van der Waals surface area contributed by atoms with Crippen molar-refractivity contribution in [3.05, 3.63) is 17.5 Å². The Labute approximate surface area is 127 Å². The van der Waals surface area contributed by atoms with Crippen LogP contribution < -0.4 is 0 Å². The van der Waals surface area contributed by atoms with E-state index in [4.69, 9.17) is 0 Å². The first-order chi connectivity index (χ1) is 10.2. The van der Waals surface area contributed by atoms with Crippen LogP contribution in [0.2, 0.25) is 0 Å². The lowest BCUT2D eigenvalue weighted by atomic mass is 10.2. The molecule has 5 nitrogen and oxygen atoms in total. The van der Waals surface area contributed by atoms with E-state index >= 15 is 0 Å². The van der Waals surface area contributed by atoms with Crippen LogP contribution in [-0.4, -0.2) is 52.6 Å². The Morgan fingerprint density at radius 3 is 2.67 bits per heavy atom. The summed E-state index contributed by atoms with van der Waals surface area (Å²) in [7, 11) is 1.88. The zero-order valence-electron chi connectivity index (χ0n) is 13.4. The summed E-state index contributed by atoms with van der Waals surface area (Å²) < 4.78 is 0. The third-order valence-electron chi connectivity index (χ3n) is 4.33. The monoisotopic (exact) mass is 292 g/mol. The Kier molecular flexibility index (Phi) is 6.23. The van der Waals surface area contributed by atoms with E-state index in [1.807, 2.05) is 14.0 Å². The zero-order valence-corrected chi connectivity index (χ0v) is 13.4. The van der Waals surface area contributed by atoms with E-state index in [1.165, 1.54) is 38.8 Å². The molecule has 0 aliphatic carbocycles. The molecule has 1 aromatic heterocycles. The van der Waals surface area contributed by atoms with Crippen molar-refractivity contribution in [3.8, 4) is 0 Å². The molecule has 21 heavy (non-hydrogen) atoms. The maximum Gasteiger partial charge on any atom is 0.222 e. The Morgan fingerprint density at radius 2 is 2.05 bits per heavy atom. The summed E-state index contributed by atoms with van der Waals surface area (Å²) >= 11 is 0. The molecule has 1 amide bonds. The van der Waals surface area contributed by atoms with Gasteiger partial charge in [0, 0.05) is 31.3 Å². The third-order valence-corrected chi connectivity index (χ3v) is 4.33. The van der Waals surface area contributed by atoms with Gasteiger partial charge in [-0.3, -0.25) is 9.89 Å². The molecular weight excluding hydrogens is 264 g/mol. The van der Waals surface area contributed by atoms with Crippen molar-refractivity contribution in [3.63, 3.8) is 0 Å². The van der Waals surface area contributed by atoms with Gasteiger partial charge >= 0.3 is 0 Å². The molecule has 0 spiro atoms. The number of likely N-dealkylation sites (tertiary alicyclic amines) is 1. The van der Waals surface area contributed by atoms with Crippen molar-refractivity contribution in [2.24, 2.45) is 0 Å². The van der Waals surface area contributed by atoms with Crippen molar-refractivity contribution in [2.75, 3.05) is 26.7 Å². The molecule has 0 aromatic carbocycles. The molecule has 1 aliphatic rings. The lowest BCUT2D eigenvalue weighted by Crippen LogP contribution is -2.29. The molecule has 1 aliphatic heterocycles. The summed E-state index contributed by atoms with van der Waals surface area (Å²) in [6, 6.07) is 0. The highest BCUT2D eigenvalue weighted by molar-refractivity contribution is 5.75. The van der Waals surface area contributed by atoms with Gasteiger partial charge in [-0.15, -0.1) is 0 Å². The second-order valence-corrected chi connectivity index (χ2v) is 6.13. The Bertz CT molecular complexity index is 435. The van der Waals surface area contributed by atoms with Gasteiger partial charge in [0.1, 0.15) is 0 Å². The van der Waals surface area contributed by atoms with E-state index in [0.29, 0.717) is 13.0 Å². The first-order valence-corrected chi connectivity index (χ1v) is 8.12. The van der Waals surface area contributed by atoms with Gasteiger partial charge in [0.25, 0.3) is 0 Å². The second-order valence-electron chi connectivity index (χ2n) is 6.13. The average molecular weight is 292 g/mol. The number of carbonyl (C=O) groups excluding carboxylic acids is 1. The van der Waals surface area contributed by atoms with Crippen molar-refractivity contribution < 1.29 is 4.79 Å². The maximum atomic E-state index is 12.2. The number of H-pyrrole nitrogens is 1. The molecule has 0 unspecified atom stereocenters. The van der Waals surface area contributed by atoms with E-state index in [0.717, 1.165) is 24.2 Å². The molecule has 1 aromatic rings. The van der Waals surface area contributed by atoms with Crippen LogP contribution in [0.1, 0.15) is 49.8 Å². The highest BCUT2D eigenvalue weighted by Gasteiger charge is 2.13. The summed E-state index contributed by atoms with van der Waals surface area (Å²) in [5.74, 6) is 0.227. The molecule has 0 saturated carbocycles. The average Bonchev–Trinajstić information content (AvgIpc) is 2.72. The molecule has 2 rings (SSSR count). The van der Waals surface area contributed by atoms with Crippen molar-refractivity contribution >= 4 is 5.91 Å². The first kappa shape index (κ1) is 16.0. The summed E-state index contributed by atoms with van der Waals surface area (Å²) in [4.78, 5) is 16.5. The Hall–Kier alpha value is -1.36. The number of nitrogens with zero attached hydrogens (tertiary/aromatic N) is 3. The molecule has 1 saturated heterocycles. The number of rotatable bonds is 6. The molecule has 5 heteroatoms. The quantitative estimate of drug-likeness (QED) is 0.875. The lowest BCUT2D eigenvalue weighted by Gasteiger charge is -2.21. The fourth-order valence-electron chi connectivity index (χ4n) is 2.88. The molecule has 1 N–H and O–H groups in total. The number of aromatic amines is 1. The van der Waals surface area contributed by atoms with Crippen LogP contribution in [0, 0.1) is 6.92 Å². The smallest absolute Gasteiger partial charge is 0.222 e. The van der Waals surface area contributed by atoms with Crippen molar-refractivity contribution in [1.82, 2.24) is 20.0 Å². The summed E-state index contributed by atoms with van der Waals surface area (Å²) in [5.41, 5.74) is 2.14. The molecule has 0 radical (unpaired) electrons. The minimum atomic E-state index is 0.227. The third kappa shape index (κ3) is 5.16. The van der Waals surface area contributed by atoms with Crippen LogP contribution in [0.3, 0.4) is 0 Å². The molecule has 0 bridgehead atoms. The van der Waals surface area contributed by atoms with E-state index in [2.05, 4.69) is 15.1 Å². The van der Waals surface area contributed by atoms with E-state index < -0.39 is 0 Å². The number of hydrogen-bond acceptors (Lipinski definition) is 3. The van der Waals surface area contributed by atoms with Crippen LogP contribution in [0.25, 0.3) is 0 Å². The topological polar surface area (TPSA) is 52.2 Å². The van der Waals surface area contributed by atoms with E-state index in [1.54, 1.807) is 11.1 Å². The maximum absolute atomic E-state index is 12.2. The summed E-state index contributed by atoms with van der Waals surface area (Å²) in [5, 5.41) is 6.91. The summed E-state index contributed by atoms with van der Waals surface area (Å²) in [6.07, 6.45) is 8.76. The van der Waals surface area contributed by atoms with E-state index in [9.17, 15) is 4.79 Å². The Morgan fingerprint density at radius 1 is 1.33 bits per heavy atom. The second kappa shape index (κ2) is 8.17. The number of amides is 1. The van der Waals surface area contributed by atoms with Gasteiger partial charge < -0.3 is 9.80 Å². The predicted octanol–water partition coefficient (Wildman–Crippen LogP) is 2.33. The number of aromatic nitrogens is 2. The van der Waals surface area contributed by atoms with Crippen molar-refractivity contribution in [1.29, 1.82) is 0 Å². The Balaban J connectivity index is 1.67. The van der Waals surface area contributed by atoms with Crippen LogP contribution >= 0.6 is 0 Å². The highest BCUT2D eigenvalue weighted by atomic mass is 16.2. The number of carbonyl (C=O) groups is 1. The van der Waals surface area contributed by atoms with Crippen molar-refractivity contribution in [2.45, 2.75) is 52.0 Å². The van der Waals surface area contributed by atoms with Gasteiger partial charge in [0.05, 0.1) is 6.20 Å². The minimum absolute atomic E-state index is 0.227. The number of hydrogen-bond donors (Lipinski definition) is 1. The van der Waals surface area contributed by atoms with Crippen LogP contribution in [-0.2, 0) is 11.3 Å². The highest BCUT2D eigenvalue weighted by Crippen LogP contribution is 2.11. The summed E-state index contributed by atoms with van der Waals surface area (Å²) in [6.45, 7) is 6.10. The van der Waals surface area contributed by atoms with E-state index in [-0.39, 0.29) is 5.91 Å². The fourth-order valence-corrected chi connectivity index (χ4v) is 2.88. The van der Waals surface area contributed by atoms with Crippen LogP contribution in [0.5, 0.6) is 0 Å². The van der Waals surface area contributed by atoms with Gasteiger partial charge in [-0.2, -0.15) is 5.10 Å².